The first-order valence-electron chi connectivity index (χ1n) is 8.01. The van der Waals surface area contributed by atoms with Crippen LogP contribution < -0.4 is 0 Å². The zero-order valence-corrected chi connectivity index (χ0v) is 13.0. The van der Waals surface area contributed by atoms with Gasteiger partial charge in [-0.3, -0.25) is 0 Å². The standard InChI is InChI=1S/C18H28N2/c1-3-4-5-6-10-13-18-19(2)14-15-20(18)16-17-11-8-7-9-12-17/h7-9,11-12,14-15,18H,3-6,10,13,16H2,1-2H3. The zero-order valence-electron chi connectivity index (χ0n) is 13.0. The fourth-order valence-electron chi connectivity index (χ4n) is 2.88. The molecular weight excluding hydrogens is 244 g/mol. The molecule has 0 aromatic heterocycles. The number of hydrogen-bond donors (Lipinski definition) is 0. The Balaban J connectivity index is 1.80. The molecule has 2 nitrogen and oxygen atoms in total. The lowest BCUT2D eigenvalue weighted by Gasteiger charge is -2.30. The van der Waals surface area contributed by atoms with E-state index in [1.165, 1.54) is 44.1 Å². The van der Waals surface area contributed by atoms with Crippen LogP contribution >= 0.6 is 0 Å². The van der Waals surface area contributed by atoms with E-state index in [9.17, 15) is 0 Å². The van der Waals surface area contributed by atoms with Gasteiger partial charge in [0.2, 0.25) is 0 Å². The van der Waals surface area contributed by atoms with E-state index >= 15 is 0 Å². The highest BCUT2D eigenvalue weighted by molar-refractivity contribution is 5.15. The number of hydrogen-bond acceptors (Lipinski definition) is 2. The van der Waals surface area contributed by atoms with Gasteiger partial charge in [0.25, 0.3) is 0 Å². The monoisotopic (exact) mass is 272 g/mol. The van der Waals surface area contributed by atoms with Crippen LogP contribution in [0.3, 0.4) is 0 Å². The summed E-state index contributed by atoms with van der Waals surface area (Å²) in [6, 6.07) is 10.8. The zero-order chi connectivity index (χ0) is 14.2. The molecule has 1 atom stereocenters. The van der Waals surface area contributed by atoms with Gasteiger partial charge in [0.05, 0.1) is 0 Å². The van der Waals surface area contributed by atoms with Crippen molar-refractivity contribution in [1.82, 2.24) is 9.80 Å². The second kappa shape index (κ2) is 7.98. The van der Waals surface area contributed by atoms with Crippen LogP contribution in [0, 0.1) is 0 Å². The first-order chi connectivity index (χ1) is 9.81. The van der Waals surface area contributed by atoms with E-state index in [4.69, 9.17) is 0 Å². The number of unbranched alkanes of at least 4 members (excludes halogenated alkanes) is 4. The molecule has 110 valence electrons. The lowest BCUT2D eigenvalue weighted by molar-refractivity contribution is 0.155. The van der Waals surface area contributed by atoms with Gasteiger partial charge in [-0.1, -0.05) is 62.9 Å². The lowest BCUT2D eigenvalue weighted by Crippen LogP contribution is -2.36. The SMILES string of the molecule is CCCCCCCC1N(C)C=CN1Cc1ccccc1. The van der Waals surface area contributed by atoms with E-state index in [1.807, 2.05) is 0 Å². The summed E-state index contributed by atoms with van der Waals surface area (Å²) in [5, 5.41) is 0. The molecule has 1 aromatic carbocycles. The molecule has 0 radical (unpaired) electrons. The third-order valence-electron chi connectivity index (χ3n) is 4.12. The van der Waals surface area contributed by atoms with Crippen LogP contribution in [-0.4, -0.2) is 23.0 Å². The molecule has 20 heavy (non-hydrogen) atoms. The predicted octanol–water partition coefficient (Wildman–Crippen LogP) is 4.59. The summed E-state index contributed by atoms with van der Waals surface area (Å²) in [7, 11) is 2.19. The summed E-state index contributed by atoms with van der Waals surface area (Å²) < 4.78 is 0. The minimum Gasteiger partial charge on any atom is -0.359 e. The maximum absolute atomic E-state index is 2.47. The van der Waals surface area contributed by atoms with Gasteiger partial charge in [-0.25, -0.2) is 0 Å². The van der Waals surface area contributed by atoms with Gasteiger partial charge >= 0.3 is 0 Å². The molecule has 0 N–H and O–H groups in total. The molecule has 0 aliphatic carbocycles. The van der Waals surface area contributed by atoms with Gasteiger partial charge in [-0.05, 0) is 18.4 Å². The third kappa shape index (κ3) is 4.29. The summed E-state index contributed by atoms with van der Waals surface area (Å²) in [5.41, 5.74) is 1.39. The Kier molecular flexibility index (Phi) is 5.97. The van der Waals surface area contributed by atoms with Crippen molar-refractivity contribution in [2.24, 2.45) is 0 Å². The van der Waals surface area contributed by atoms with E-state index in [1.54, 1.807) is 0 Å². The summed E-state index contributed by atoms with van der Waals surface area (Å²) >= 11 is 0. The van der Waals surface area contributed by atoms with Crippen LogP contribution in [0.5, 0.6) is 0 Å². The van der Waals surface area contributed by atoms with Crippen molar-refractivity contribution >= 4 is 0 Å². The van der Waals surface area contributed by atoms with E-state index in [0.717, 1.165) is 6.54 Å². The van der Waals surface area contributed by atoms with Crippen LogP contribution in [0.1, 0.15) is 51.0 Å². The van der Waals surface area contributed by atoms with Crippen LogP contribution in [0.2, 0.25) is 0 Å². The van der Waals surface area contributed by atoms with E-state index < -0.39 is 0 Å². The topological polar surface area (TPSA) is 6.48 Å². The van der Waals surface area contributed by atoms with Crippen molar-refractivity contribution in [2.45, 2.75) is 58.2 Å². The smallest absolute Gasteiger partial charge is 0.101 e. The van der Waals surface area contributed by atoms with Crippen molar-refractivity contribution in [3.63, 3.8) is 0 Å². The normalized spacial score (nSPS) is 18.0. The lowest BCUT2D eigenvalue weighted by atomic mass is 10.1. The van der Waals surface area contributed by atoms with Crippen LogP contribution in [-0.2, 0) is 6.54 Å². The van der Waals surface area contributed by atoms with Crippen molar-refractivity contribution < 1.29 is 0 Å². The van der Waals surface area contributed by atoms with Crippen molar-refractivity contribution in [1.29, 1.82) is 0 Å². The van der Waals surface area contributed by atoms with Crippen molar-refractivity contribution in [3.05, 3.63) is 48.3 Å². The largest absolute Gasteiger partial charge is 0.359 e. The predicted molar refractivity (Wildman–Crippen MR) is 86.1 cm³/mol. The Hall–Kier alpha value is -1.44. The second-order valence-corrected chi connectivity index (χ2v) is 5.81. The molecule has 1 aromatic rings. The van der Waals surface area contributed by atoms with Crippen LogP contribution in [0.4, 0.5) is 0 Å². The average Bonchev–Trinajstić information content (AvgIpc) is 2.81. The third-order valence-corrected chi connectivity index (χ3v) is 4.12. The molecule has 0 bridgehead atoms. The quantitative estimate of drug-likeness (QED) is 0.639. The Morgan fingerprint density at radius 1 is 0.950 bits per heavy atom. The Morgan fingerprint density at radius 3 is 2.45 bits per heavy atom. The molecule has 0 amide bonds. The van der Waals surface area contributed by atoms with E-state index in [2.05, 4.69) is 66.5 Å². The van der Waals surface area contributed by atoms with Gasteiger partial charge in [0, 0.05) is 26.0 Å². The van der Waals surface area contributed by atoms with Crippen LogP contribution in [0.25, 0.3) is 0 Å². The van der Waals surface area contributed by atoms with Gasteiger partial charge in [-0.2, -0.15) is 0 Å². The Morgan fingerprint density at radius 2 is 1.70 bits per heavy atom. The van der Waals surface area contributed by atoms with Gasteiger partial charge < -0.3 is 9.80 Å². The molecule has 1 heterocycles. The fraction of sp³-hybridized carbons (Fsp3) is 0.556. The molecule has 0 saturated heterocycles. The van der Waals surface area contributed by atoms with E-state index in [0.29, 0.717) is 6.17 Å². The molecule has 0 saturated carbocycles. The molecule has 2 heteroatoms. The van der Waals surface area contributed by atoms with Crippen molar-refractivity contribution in [2.75, 3.05) is 7.05 Å². The Labute approximate surface area is 124 Å². The maximum atomic E-state index is 2.47. The average molecular weight is 272 g/mol. The summed E-state index contributed by atoms with van der Waals surface area (Å²) in [5.74, 6) is 0. The minimum atomic E-state index is 0.539. The van der Waals surface area contributed by atoms with E-state index in [-0.39, 0.29) is 0 Å². The second-order valence-electron chi connectivity index (χ2n) is 5.81. The number of rotatable bonds is 8. The maximum Gasteiger partial charge on any atom is 0.101 e. The summed E-state index contributed by atoms with van der Waals surface area (Å²) in [6.45, 7) is 3.29. The molecule has 0 spiro atoms. The van der Waals surface area contributed by atoms with Gasteiger partial charge in [0.15, 0.2) is 0 Å². The highest BCUT2D eigenvalue weighted by Crippen LogP contribution is 2.22. The van der Waals surface area contributed by atoms with Gasteiger partial charge in [-0.15, -0.1) is 0 Å². The number of nitrogens with zero attached hydrogens (tertiary/aromatic N) is 2. The molecule has 1 aliphatic heterocycles. The first kappa shape index (κ1) is 15.0. The fourth-order valence-corrected chi connectivity index (χ4v) is 2.88. The Bertz CT molecular complexity index is 399. The highest BCUT2D eigenvalue weighted by Gasteiger charge is 2.22. The molecule has 1 unspecified atom stereocenters. The van der Waals surface area contributed by atoms with Crippen molar-refractivity contribution in [3.8, 4) is 0 Å². The highest BCUT2D eigenvalue weighted by atomic mass is 15.4. The molecular formula is C18H28N2. The minimum absolute atomic E-state index is 0.539. The first-order valence-corrected chi connectivity index (χ1v) is 8.01. The molecule has 2 rings (SSSR count). The number of benzene rings is 1. The molecule has 1 aliphatic rings. The van der Waals surface area contributed by atoms with Crippen LogP contribution in [0.15, 0.2) is 42.7 Å². The summed E-state index contributed by atoms with van der Waals surface area (Å²) in [4.78, 5) is 4.82. The summed E-state index contributed by atoms with van der Waals surface area (Å²) in [6.07, 6.45) is 13.1. The van der Waals surface area contributed by atoms with Gasteiger partial charge in [0.1, 0.15) is 6.17 Å². The molecule has 0 fully saturated rings.